The molecule has 3 nitrogen and oxygen atoms in total. The molecule has 20 heavy (non-hydrogen) atoms. The molecule has 1 aliphatic rings. The summed E-state index contributed by atoms with van der Waals surface area (Å²) >= 11 is 6.07. The molecular weight excluding hydrogens is 272 g/mol. The van der Waals surface area contributed by atoms with Crippen molar-refractivity contribution in [3.63, 3.8) is 0 Å². The van der Waals surface area contributed by atoms with Crippen LogP contribution >= 0.6 is 11.6 Å². The van der Waals surface area contributed by atoms with Gasteiger partial charge in [0.1, 0.15) is 12.4 Å². The lowest BCUT2D eigenvalue weighted by Gasteiger charge is -2.19. The molecule has 0 saturated heterocycles. The highest BCUT2D eigenvalue weighted by Crippen LogP contribution is 2.26. The molecule has 1 aromatic carbocycles. The van der Waals surface area contributed by atoms with Crippen molar-refractivity contribution in [2.75, 3.05) is 13.2 Å². The molecule has 0 bridgehead atoms. The van der Waals surface area contributed by atoms with Crippen molar-refractivity contribution in [3.05, 3.63) is 58.4 Å². The third kappa shape index (κ3) is 3.11. The van der Waals surface area contributed by atoms with E-state index in [4.69, 9.17) is 16.3 Å². The number of hydrogen-bond acceptors (Lipinski definition) is 3. The summed E-state index contributed by atoms with van der Waals surface area (Å²) in [5, 5.41) is 0.753. The van der Waals surface area contributed by atoms with Crippen LogP contribution < -0.4 is 4.74 Å². The Morgan fingerprint density at radius 2 is 2.20 bits per heavy atom. The normalized spacial score (nSPS) is 15.3. The summed E-state index contributed by atoms with van der Waals surface area (Å²) in [6, 6.07) is 11.9. The summed E-state index contributed by atoms with van der Waals surface area (Å²) in [4.78, 5) is 6.90. The Balaban J connectivity index is 1.78. The number of nitrogens with zero attached hydrogens (tertiary/aromatic N) is 2. The average molecular weight is 289 g/mol. The van der Waals surface area contributed by atoms with Gasteiger partial charge in [-0.05, 0) is 37.3 Å². The fourth-order valence-electron chi connectivity index (χ4n) is 2.47. The number of pyridine rings is 1. The molecule has 4 heteroatoms. The number of benzene rings is 1. The molecule has 1 aliphatic heterocycles. The standard InChI is InChI=1S/C16H17ClN2O/c1-12-3-2-4-15(18-12)11-19-7-8-20-16-6-5-14(17)9-13(16)10-19/h2-6,9H,7-8,10-11H2,1H3. The van der Waals surface area contributed by atoms with Crippen LogP contribution in [-0.4, -0.2) is 23.0 Å². The van der Waals surface area contributed by atoms with E-state index in [9.17, 15) is 0 Å². The molecule has 0 unspecified atom stereocenters. The van der Waals surface area contributed by atoms with Crippen molar-refractivity contribution >= 4 is 11.6 Å². The third-order valence-electron chi connectivity index (χ3n) is 3.41. The van der Waals surface area contributed by atoms with E-state index in [1.165, 1.54) is 0 Å². The first kappa shape index (κ1) is 13.4. The molecule has 1 aromatic heterocycles. The van der Waals surface area contributed by atoms with Crippen LogP contribution in [0.3, 0.4) is 0 Å². The Morgan fingerprint density at radius 3 is 3.05 bits per heavy atom. The predicted molar refractivity (Wildman–Crippen MR) is 80.0 cm³/mol. The molecule has 0 spiro atoms. The molecule has 0 saturated carbocycles. The fourth-order valence-corrected chi connectivity index (χ4v) is 2.66. The first-order valence-electron chi connectivity index (χ1n) is 6.77. The molecular formula is C16H17ClN2O. The van der Waals surface area contributed by atoms with E-state index >= 15 is 0 Å². The molecule has 3 rings (SSSR count). The maximum Gasteiger partial charge on any atom is 0.123 e. The van der Waals surface area contributed by atoms with Crippen LogP contribution in [-0.2, 0) is 13.1 Å². The van der Waals surface area contributed by atoms with Crippen LogP contribution in [0.15, 0.2) is 36.4 Å². The third-order valence-corrected chi connectivity index (χ3v) is 3.65. The quantitative estimate of drug-likeness (QED) is 0.846. The smallest absolute Gasteiger partial charge is 0.123 e. The molecule has 0 amide bonds. The van der Waals surface area contributed by atoms with E-state index in [0.717, 1.165) is 47.4 Å². The van der Waals surface area contributed by atoms with Gasteiger partial charge in [0.05, 0.1) is 5.69 Å². The SMILES string of the molecule is Cc1cccc(CN2CCOc3ccc(Cl)cc3C2)n1. The van der Waals surface area contributed by atoms with Gasteiger partial charge < -0.3 is 4.74 Å². The van der Waals surface area contributed by atoms with E-state index in [1.807, 2.05) is 31.2 Å². The Kier molecular flexibility index (Phi) is 3.90. The molecule has 2 heterocycles. The zero-order chi connectivity index (χ0) is 13.9. The molecule has 0 radical (unpaired) electrons. The second-order valence-electron chi connectivity index (χ2n) is 5.08. The minimum atomic E-state index is 0.695. The van der Waals surface area contributed by atoms with Crippen molar-refractivity contribution in [2.24, 2.45) is 0 Å². The average Bonchev–Trinajstić information content (AvgIpc) is 2.60. The van der Waals surface area contributed by atoms with Gasteiger partial charge in [0, 0.05) is 35.9 Å². The van der Waals surface area contributed by atoms with Gasteiger partial charge in [-0.15, -0.1) is 0 Å². The van der Waals surface area contributed by atoms with Gasteiger partial charge in [-0.2, -0.15) is 0 Å². The number of halogens is 1. The summed E-state index contributed by atoms with van der Waals surface area (Å²) in [6.45, 7) is 5.27. The highest BCUT2D eigenvalue weighted by atomic mass is 35.5. The molecule has 0 atom stereocenters. The highest BCUT2D eigenvalue weighted by molar-refractivity contribution is 6.30. The lowest BCUT2D eigenvalue weighted by atomic mass is 10.2. The maximum atomic E-state index is 6.07. The summed E-state index contributed by atoms with van der Waals surface area (Å²) in [7, 11) is 0. The van der Waals surface area contributed by atoms with E-state index in [0.29, 0.717) is 6.61 Å². The summed E-state index contributed by atoms with van der Waals surface area (Å²) in [5.74, 6) is 0.939. The zero-order valence-electron chi connectivity index (χ0n) is 11.5. The largest absolute Gasteiger partial charge is 0.492 e. The van der Waals surface area contributed by atoms with Crippen molar-refractivity contribution in [1.29, 1.82) is 0 Å². The van der Waals surface area contributed by atoms with Gasteiger partial charge in [0.25, 0.3) is 0 Å². The van der Waals surface area contributed by atoms with Crippen LogP contribution in [0, 0.1) is 6.92 Å². The Hall–Kier alpha value is -1.58. The number of aryl methyl sites for hydroxylation is 1. The molecule has 104 valence electrons. The molecule has 0 aliphatic carbocycles. The summed E-state index contributed by atoms with van der Waals surface area (Å²) in [6.07, 6.45) is 0. The lowest BCUT2D eigenvalue weighted by molar-refractivity contribution is 0.217. The Labute approximate surface area is 124 Å². The van der Waals surface area contributed by atoms with Gasteiger partial charge in [-0.3, -0.25) is 9.88 Å². The van der Waals surface area contributed by atoms with Crippen molar-refractivity contribution in [3.8, 4) is 5.75 Å². The first-order valence-corrected chi connectivity index (χ1v) is 7.14. The fraction of sp³-hybridized carbons (Fsp3) is 0.312. The summed E-state index contributed by atoms with van der Waals surface area (Å²) in [5.41, 5.74) is 3.29. The summed E-state index contributed by atoms with van der Waals surface area (Å²) < 4.78 is 5.77. The number of rotatable bonds is 2. The van der Waals surface area contributed by atoms with Crippen LogP contribution in [0.4, 0.5) is 0 Å². The number of hydrogen-bond donors (Lipinski definition) is 0. The van der Waals surface area contributed by atoms with E-state index in [1.54, 1.807) is 0 Å². The van der Waals surface area contributed by atoms with Crippen LogP contribution in [0.2, 0.25) is 5.02 Å². The molecule has 0 fully saturated rings. The van der Waals surface area contributed by atoms with Gasteiger partial charge in [0.15, 0.2) is 0 Å². The van der Waals surface area contributed by atoms with E-state index in [-0.39, 0.29) is 0 Å². The van der Waals surface area contributed by atoms with Crippen LogP contribution in [0.5, 0.6) is 5.75 Å². The second kappa shape index (κ2) is 5.81. The topological polar surface area (TPSA) is 25.4 Å². The highest BCUT2D eigenvalue weighted by Gasteiger charge is 2.16. The van der Waals surface area contributed by atoms with E-state index < -0.39 is 0 Å². The number of fused-ring (bicyclic) bond motifs is 1. The zero-order valence-corrected chi connectivity index (χ0v) is 12.2. The first-order chi connectivity index (χ1) is 9.70. The lowest BCUT2D eigenvalue weighted by Crippen LogP contribution is -2.25. The Bertz CT molecular complexity index is 615. The molecule has 0 N–H and O–H groups in total. The van der Waals surface area contributed by atoms with Gasteiger partial charge in [0.2, 0.25) is 0 Å². The minimum Gasteiger partial charge on any atom is -0.492 e. The Morgan fingerprint density at radius 1 is 1.30 bits per heavy atom. The minimum absolute atomic E-state index is 0.695. The van der Waals surface area contributed by atoms with Crippen molar-refractivity contribution in [2.45, 2.75) is 20.0 Å². The number of aromatic nitrogens is 1. The molecule has 2 aromatic rings. The van der Waals surface area contributed by atoms with Gasteiger partial charge >= 0.3 is 0 Å². The van der Waals surface area contributed by atoms with Crippen molar-refractivity contribution in [1.82, 2.24) is 9.88 Å². The van der Waals surface area contributed by atoms with Gasteiger partial charge in [-0.1, -0.05) is 17.7 Å². The maximum absolute atomic E-state index is 6.07. The number of ether oxygens (including phenoxy) is 1. The van der Waals surface area contributed by atoms with E-state index in [2.05, 4.69) is 22.0 Å². The predicted octanol–water partition coefficient (Wildman–Crippen LogP) is 3.44. The second-order valence-corrected chi connectivity index (χ2v) is 5.52. The van der Waals surface area contributed by atoms with Gasteiger partial charge in [-0.25, -0.2) is 0 Å². The monoisotopic (exact) mass is 288 g/mol. The van der Waals surface area contributed by atoms with Crippen molar-refractivity contribution < 1.29 is 4.74 Å². The van der Waals surface area contributed by atoms with Crippen LogP contribution in [0.25, 0.3) is 0 Å². The van der Waals surface area contributed by atoms with Crippen LogP contribution in [0.1, 0.15) is 17.0 Å².